The molecule has 0 N–H and O–H groups in total. The van der Waals surface area contributed by atoms with Gasteiger partial charge in [-0.2, -0.15) is 12.0 Å². The van der Waals surface area contributed by atoms with Crippen LogP contribution in [0.1, 0.15) is 61.1 Å². The van der Waals surface area contributed by atoms with Crippen LogP contribution in [0.25, 0.3) is 5.57 Å². The quantitative estimate of drug-likeness (QED) is 0.375. The Balaban J connectivity index is 0.00000121. The molecule has 0 aliphatic heterocycles. The van der Waals surface area contributed by atoms with Crippen LogP contribution in [0.3, 0.4) is 0 Å². The van der Waals surface area contributed by atoms with E-state index in [0.717, 1.165) is 0 Å². The van der Waals surface area contributed by atoms with Crippen molar-refractivity contribution in [2.45, 2.75) is 55.4 Å². The van der Waals surface area contributed by atoms with E-state index in [1.54, 1.807) is 5.57 Å². The Labute approximate surface area is 222 Å². The van der Waals surface area contributed by atoms with E-state index in [9.17, 15) is 0 Å². The van der Waals surface area contributed by atoms with E-state index in [1.165, 1.54) is 44.5 Å². The third kappa shape index (κ3) is 2.83. The summed E-state index contributed by atoms with van der Waals surface area (Å²) in [5, 5.41) is 0. The van der Waals surface area contributed by atoms with Crippen molar-refractivity contribution in [3.8, 4) is 0 Å². The molecule has 0 nitrogen and oxygen atoms in total. The fraction of sp³-hybridized carbons (Fsp3) is 0.414. The Morgan fingerprint density at radius 3 is 2.09 bits per heavy atom. The van der Waals surface area contributed by atoms with Gasteiger partial charge in [-0.05, 0) is 30.3 Å². The maximum absolute atomic E-state index is 2.63. The topological polar surface area (TPSA) is 0 Å². The molecule has 3 heteroatoms. The van der Waals surface area contributed by atoms with Gasteiger partial charge >= 0.3 is 21.7 Å². The van der Waals surface area contributed by atoms with E-state index in [1.807, 2.05) is 0 Å². The first kappa shape index (κ1) is 27.3. The molecule has 167 valence electrons. The zero-order chi connectivity index (χ0) is 20.9. The van der Waals surface area contributed by atoms with E-state index in [-0.39, 0.29) is 62.8 Å². The van der Waals surface area contributed by atoms with Gasteiger partial charge in [-0.3, -0.25) is 0 Å². The third-order valence-corrected chi connectivity index (χ3v) is 9.63. The summed E-state index contributed by atoms with van der Waals surface area (Å²) in [4.78, 5) is 0. The molecular weight excluding hydrogens is 467 g/mol. The van der Waals surface area contributed by atoms with Crippen LogP contribution in [-0.4, -0.2) is 0 Å². The summed E-state index contributed by atoms with van der Waals surface area (Å²) in [5.41, 5.74) is 13.4. The number of allylic oxidation sites excluding steroid dienone is 10. The van der Waals surface area contributed by atoms with Gasteiger partial charge in [0.05, 0.1) is 0 Å². The molecule has 0 aromatic heterocycles. The number of fused-ring (bicyclic) bond motifs is 7. The monoisotopic (exact) mass is 499 g/mol. The van der Waals surface area contributed by atoms with Crippen LogP contribution in [0.4, 0.5) is 0 Å². The second-order valence-electron chi connectivity index (χ2n) is 10.3. The first-order valence-corrected chi connectivity index (χ1v) is 11.0. The maximum Gasteiger partial charge on any atom is 3.00 e. The van der Waals surface area contributed by atoms with Crippen LogP contribution in [0, 0.1) is 56.3 Å². The van der Waals surface area contributed by atoms with Crippen molar-refractivity contribution in [2.24, 2.45) is 22.2 Å². The molecule has 0 fully saturated rings. The number of benzene rings is 1. The van der Waals surface area contributed by atoms with Crippen molar-refractivity contribution in [3.63, 3.8) is 0 Å². The van der Waals surface area contributed by atoms with Crippen molar-refractivity contribution in [1.29, 1.82) is 0 Å². The maximum atomic E-state index is 2.63. The Kier molecular flexibility index (Phi) is 7.16. The van der Waals surface area contributed by atoms with Crippen LogP contribution in [-0.2, 0) is 21.7 Å². The molecule has 0 saturated carbocycles. The molecule has 4 aliphatic carbocycles. The molecule has 4 aliphatic rings. The third-order valence-electron chi connectivity index (χ3n) is 9.63. The molecule has 0 bridgehead atoms. The first-order valence-electron chi connectivity index (χ1n) is 11.0. The van der Waals surface area contributed by atoms with Crippen LogP contribution in [0.2, 0.25) is 0 Å². The molecule has 4 unspecified atom stereocenters. The van der Waals surface area contributed by atoms with E-state index in [4.69, 9.17) is 0 Å². The minimum absolute atomic E-state index is 0. The Morgan fingerprint density at radius 1 is 0.812 bits per heavy atom. The van der Waals surface area contributed by atoms with Crippen LogP contribution < -0.4 is 24.8 Å². The molecule has 1 aromatic rings. The number of rotatable bonds is 0. The molecule has 0 saturated heterocycles. The summed E-state index contributed by atoms with van der Waals surface area (Å²) in [5.74, 6) is 0.405. The summed E-state index contributed by atoms with van der Waals surface area (Å²) in [6, 6.07) is 0. The van der Waals surface area contributed by atoms with Gasteiger partial charge in [-0.15, -0.1) is 16.7 Å². The standard InChI is InChI=1S/C29H33.2ClH.Ti/c1-17-12-11-15-28(7)27(6)16-23-20(4)18(2)19(3)21(5)25(23)26(27)22-13-9-10-14-24(22)29(17,28)8;;;/h9-16,24H,1-8H3;2*1H;/q-1;;;+3/p-2. The zero-order valence-electron chi connectivity index (χ0n) is 20.5. The van der Waals surface area contributed by atoms with E-state index < -0.39 is 0 Å². The first-order chi connectivity index (χ1) is 13.6. The predicted octanol–water partition coefficient (Wildman–Crippen LogP) is 1.54. The summed E-state index contributed by atoms with van der Waals surface area (Å²) in [7, 11) is 0. The van der Waals surface area contributed by atoms with Gasteiger partial charge in [-0.25, -0.2) is 0 Å². The summed E-state index contributed by atoms with van der Waals surface area (Å²) < 4.78 is 0. The fourth-order valence-electron chi connectivity index (χ4n) is 7.02. The zero-order valence-corrected chi connectivity index (χ0v) is 23.5. The van der Waals surface area contributed by atoms with E-state index in [0.29, 0.717) is 5.92 Å². The molecule has 0 spiro atoms. The number of halogens is 2. The van der Waals surface area contributed by atoms with Crippen LogP contribution >= 0.6 is 0 Å². The number of hydrogen-bond donors (Lipinski definition) is 0. The van der Waals surface area contributed by atoms with Gasteiger partial charge in [0.25, 0.3) is 0 Å². The SMILES string of the molecule is CC1=CC=CC2(C)C3(C)[CH-]c4c(C)c(C)c(C)c(C)c4C3=C3C=CC=CC3C12C.[Cl-].[Cl-].[Ti+3]. The number of hydrogen-bond acceptors (Lipinski definition) is 0. The minimum atomic E-state index is -0.0345. The van der Waals surface area contributed by atoms with Gasteiger partial charge in [0.1, 0.15) is 0 Å². The van der Waals surface area contributed by atoms with Gasteiger partial charge in [0.2, 0.25) is 0 Å². The summed E-state index contributed by atoms with van der Waals surface area (Å²) in [6.45, 7) is 19.1. The Bertz CT molecular complexity index is 1130. The van der Waals surface area contributed by atoms with Crippen molar-refractivity contribution in [3.05, 3.63) is 93.5 Å². The molecule has 32 heavy (non-hydrogen) atoms. The van der Waals surface area contributed by atoms with Crippen LogP contribution in [0.5, 0.6) is 0 Å². The van der Waals surface area contributed by atoms with E-state index in [2.05, 4.69) is 104 Å². The average molecular weight is 500 g/mol. The van der Waals surface area contributed by atoms with Crippen molar-refractivity contribution in [1.82, 2.24) is 0 Å². The minimum Gasteiger partial charge on any atom is -1.00 e. The molecule has 5 rings (SSSR count). The molecule has 4 atom stereocenters. The molecule has 1 aromatic carbocycles. The predicted molar refractivity (Wildman–Crippen MR) is 125 cm³/mol. The van der Waals surface area contributed by atoms with Gasteiger partial charge in [0, 0.05) is 11.3 Å². The Morgan fingerprint density at radius 2 is 1.44 bits per heavy atom. The summed E-state index contributed by atoms with van der Waals surface area (Å²) >= 11 is 0. The Hall–Kier alpha value is -0.916. The van der Waals surface area contributed by atoms with Crippen molar-refractivity contribution in [2.75, 3.05) is 0 Å². The normalized spacial score (nSPS) is 32.9. The molecule has 0 amide bonds. The molecule has 0 heterocycles. The van der Waals surface area contributed by atoms with Gasteiger partial charge in [-0.1, -0.05) is 106 Å². The van der Waals surface area contributed by atoms with E-state index >= 15 is 0 Å². The molecule has 1 radical (unpaired) electrons. The average Bonchev–Trinajstić information content (AvgIpc) is 3.03. The van der Waals surface area contributed by atoms with Gasteiger partial charge in [0.15, 0.2) is 0 Å². The summed E-state index contributed by atoms with van der Waals surface area (Å²) in [6.07, 6.45) is 19.1. The largest absolute Gasteiger partial charge is 3.00 e. The second-order valence-corrected chi connectivity index (χ2v) is 10.3. The smallest absolute Gasteiger partial charge is 1.00 e. The van der Waals surface area contributed by atoms with Crippen LogP contribution in [0.15, 0.2) is 53.7 Å². The van der Waals surface area contributed by atoms with Crippen molar-refractivity contribution >= 4 is 5.57 Å². The van der Waals surface area contributed by atoms with Crippen molar-refractivity contribution < 1.29 is 46.5 Å². The fourth-order valence-corrected chi connectivity index (χ4v) is 7.02. The second kappa shape index (κ2) is 8.39. The van der Waals surface area contributed by atoms with Gasteiger partial charge < -0.3 is 24.8 Å². The molecular formula is C29H33Cl2Ti.